The van der Waals surface area contributed by atoms with Crippen LogP contribution in [0.25, 0.3) is 0 Å². The second-order valence-electron chi connectivity index (χ2n) is 5.32. The molecule has 0 aliphatic carbocycles. The highest BCUT2D eigenvalue weighted by atomic mass is 16.2. The molecule has 2 aliphatic rings. The molecule has 0 saturated carbocycles. The van der Waals surface area contributed by atoms with Crippen molar-refractivity contribution in [2.75, 3.05) is 19.6 Å². The first-order chi connectivity index (χ1) is 7.45. The van der Waals surface area contributed by atoms with E-state index in [1.807, 2.05) is 0 Å². The monoisotopic (exact) mass is 225 g/mol. The highest BCUT2D eigenvalue weighted by Crippen LogP contribution is 2.37. The molecule has 2 amide bonds. The number of nitrogens with zero attached hydrogens (tertiary/aromatic N) is 1. The van der Waals surface area contributed by atoms with E-state index in [0.717, 1.165) is 6.54 Å². The Morgan fingerprint density at radius 1 is 1.69 bits per heavy atom. The second kappa shape index (κ2) is 3.73. The van der Waals surface area contributed by atoms with Crippen molar-refractivity contribution in [1.29, 1.82) is 0 Å². The van der Waals surface area contributed by atoms with Gasteiger partial charge in [-0.2, -0.15) is 0 Å². The zero-order chi connectivity index (χ0) is 11.9. The molecule has 5 heteroatoms. The van der Waals surface area contributed by atoms with E-state index in [-0.39, 0.29) is 17.7 Å². The van der Waals surface area contributed by atoms with Gasteiger partial charge < -0.3 is 11.1 Å². The van der Waals surface area contributed by atoms with Crippen LogP contribution in [0.2, 0.25) is 0 Å². The van der Waals surface area contributed by atoms with Crippen LogP contribution in [0.3, 0.4) is 0 Å². The maximum Gasteiger partial charge on any atom is 0.242 e. The lowest BCUT2D eigenvalue weighted by Gasteiger charge is -2.44. The molecule has 0 aromatic carbocycles. The predicted octanol–water partition coefficient (Wildman–Crippen LogP) is -0.682. The van der Waals surface area contributed by atoms with Crippen LogP contribution in [0.5, 0.6) is 0 Å². The summed E-state index contributed by atoms with van der Waals surface area (Å²) in [5.74, 6) is 0.0731. The summed E-state index contributed by atoms with van der Waals surface area (Å²) >= 11 is 0. The Kier molecular flexibility index (Phi) is 2.66. The number of nitrogens with one attached hydrogen (secondary N) is 1. The number of primary amides is 1. The maximum atomic E-state index is 11.7. The summed E-state index contributed by atoms with van der Waals surface area (Å²) in [5.41, 5.74) is 4.90. The van der Waals surface area contributed by atoms with E-state index in [2.05, 4.69) is 24.1 Å². The van der Waals surface area contributed by atoms with E-state index in [1.54, 1.807) is 0 Å². The first-order valence-electron chi connectivity index (χ1n) is 5.78. The van der Waals surface area contributed by atoms with Gasteiger partial charge in [0.1, 0.15) is 5.54 Å². The van der Waals surface area contributed by atoms with Gasteiger partial charge in [-0.25, -0.2) is 0 Å². The quantitative estimate of drug-likeness (QED) is 0.625. The maximum absolute atomic E-state index is 11.7. The smallest absolute Gasteiger partial charge is 0.242 e. The van der Waals surface area contributed by atoms with Crippen LogP contribution in [0.15, 0.2) is 0 Å². The normalized spacial score (nSPS) is 34.2. The number of carbonyl (C=O) groups is 2. The largest absolute Gasteiger partial charge is 0.369 e. The van der Waals surface area contributed by atoms with E-state index in [0.29, 0.717) is 25.4 Å². The Hall–Kier alpha value is -1.10. The molecule has 0 aromatic heterocycles. The Morgan fingerprint density at radius 2 is 2.38 bits per heavy atom. The van der Waals surface area contributed by atoms with Gasteiger partial charge in [-0.05, 0) is 12.3 Å². The zero-order valence-corrected chi connectivity index (χ0v) is 9.82. The number of likely N-dealkylation sites (tertiary alicyclic amines) is 1. The molecule has 3 N–H and O–H groups in total. The Labute approximate surface area is 95.3 Å². The molecule has 0 aromatic rings. The molecule has 1 spiro atoms. The average Bonchev–Trinajstić information content (AvgIpc) is 2.56. The first-order valence-corrected chi connectivity index (χ1v) is 5.78. The van der Waals surface area contributed by atoms with E-state index < -0.39 is 5.54 Å². The van der Waals surface area contributed by atoms with Crippen LogP contribution in [0.1, 0.15) is 20.3 Å². The lowest BCUT2D eigenvalue weighted by atomic mass is 9.85. The SMILES string of the molecule is CC(C)CN1C[C@@H](C(N)=O)CC12CNC2=O. The van der Waals surface area contributed by atoms with Gasteiger partial charge in [-0.15, -0.1) is 0 Å². The van der Waals surface area contributed by atoms with Crippen LogP contribution in [-0.4, -0.2) is 41.9 Å². The molecule has 16 heavy (non-hydrogen) atoms. The summed E-state index contributed by atoms with van der Waals surface area (Å²) in [4.78, 5) is 25.1. The molecule has 0 radical (unpaired) electrons. The minimum atomic E-state index is -0.441. The first kappa shape index (κ1) is 11.4. The lowest BCUT2D eigenvalue weighted by molar-refractivity contribution is -0.141. The summed E-state index contributed by atoms with van der Waals surface area (Å²) in [6.45, 7) is 6.35. The molecule has 0 bridgehead atoms. The van der Waals surface area contributed by atoms with Crippen LogP contribution < -0.4 is 11.1 Å². The summed E-state index contributed by atoms with van der Waals surface area (Å²) in [7, 11) is 0. The van der Waals surface area contributed by atoms with Crippen molar-refractivity contribution in [1.82, 2.24) is 10.2 Å². The third-order valence-electron chi connectivity index (χ3n) is 3.58. The minimum absolute atomic E-state index is 0.0527. The molecule has 5 nitrogen and oxygen atoms in total. The fourth-order valence-electron chi connectivity index (χ4n) is 2.71. The van der Waals surface area contributed by atoms with Crippen molar-refractivity contribution in [3.05, 3.63) is 0 Å². The lowest BCUT2D eigenvalue weighted by Crippen LogP contribution is -2.70. The van der Waals surface area contributed by atoms with Crippen molar-refractivity contribution in [3.63, 3.8) is 0 Å². The fraction of sp³-hybridized carbons (Fsp3) is 0.818. The van der Waals surface area contributed by atoms with Gasteiger partial charge in [0.2, 0.25) is 11.8 Å². The molecule has 1 unspecified atom stereocenters. The Balaban J connectivity index is 2.15. The standard InChI is InChI=1S/C11H19N3O2/c1-7(2)4-14-5-8(9(12)15)3-11(14)6-13-10(11)16/h7-8H,3-6H2,1-2H3,(H2,12,15)(H,13,16)/t8-,11?/m0/s1. The molecule has 2 aliphatic heterocycles. The van der Waals surface area contributed by atoms with Crippen molar-refractivity contribution < 1.29 is 9.59 Å². The molecular formula is C11H19N3O2. The minimum Gasteiger partial charge on any atom is -0.369 e. The van der Waals surface area contributed by atoms with Crippen molar-refractivity contribution >= 4 is 11.8 Å². The highest BCUT2D eigenvalue weighted by molar-refractivity contribution is 5.94. The van der Waals surface area contributed by atoms with E-state index in [4.69, 9.17) is 5.73 Å². The van der Waals surface area contributed by atoms with Crippen LogP contribution >= 0.6 is 0 Å². The van der Waals surface area contributed by atoms with Gasteiger partial charge in [-0.1, -0.05) is 13.8 Å². The van der Waals surface area contributed by atoms with Crippen molar-refractivity contribution in [2.45, 2.75) is 25.8 Å². The summed E-state index contributed by atoms with van der Waals surface area (Å²) in [6.07, 6.45) is 0.584. The molecule has 90 valence electrons. The number of rotatable bonds is 3. The molecule has 2 heterocycles. The summed E-state index contributed by atoms with van der Waals surface area (Å²) < 4.78 is 0. The van der Waals surface area contributed by atoms with Crippen LogP contribution in [0, 0.1) is 11.8 Å². The van der Waals surface area contributed by atoms with E-state index in [9.17, 15) is 9.59 Å². The van der Waals surface area contributed by atoms with Gasteiger partial charge in [0.15, 0.2) is 0 Å². The van der Waals surface area contributed by atoms with Gasteiger partial charge >= 0.3 is 0 Å². The number of amides is 2. The Bertz CT molecular complexity index is 329. The number of hydrogen-bond donors (Lipinski definition) is 2. The molecule has 2 saturated heterocycles. The number of carbonyl (C=O) groups excluding carboxylic acids is 2. The van der Waals surface area contributed by atoms with E-state index in [1.165, 1.54) is 0 Å². The van der Waals surface area contributed by atoms with Gasteiger partial charge in [0.25, 0.3) is 0 Å². The summed E-state index contributed by atoms with van der Waals surface area (Å²) in [5, 5.41) is 2.77. The van der Waals surface area contributed by atoms with Gasteiger partial charge in [0.05, 0.1) is 5.92 Å². The number of hydrogen-bond acceptors (Lipinski definition) is 3. The third-order valence-corrected chi connectivity index (χ3v) is 3.58. The summed E-state index contributed by atoms with van der Waals surface area (Å²) in [6, 6.07) is 0. The van der Waals surface area contributed by atoms with Gasteiger partial charge in [-0.3, -0.25) is 14.5 Å². The average molecular weight is 225 g/mol. The number of nitrogens with two attached hydrogens (primary N) is 1. The predicted molar refractivity (Wildman–Crippen MR) is 59.5 cm³/mol. The van der Waals surface area contributed by atoms with Crippen LogP contribution in [-0.2, 0) is 9.59 Å². The zero-order valence-electron chi connectivity index (χ0n) is 9.82. The van der Waals surface area contributed by atoms with E-state index >= 15 is 0 Å². The Morgan fingerprint density at radius 3 is 2.75 bits per heavy atom. The molecule has 2 rings (SSSR count). The molecular weight excluding hydrogens is 206 g/mol. The molecule has 2 fully saturated rings. The number of β-lactam (4-membered cyclic amide) rings is 1. The van der Waals surface area contributed by atoms with Crippen molar-refractivity contribution in [2.24, 2.45) is 17.6 Å². The highest BCUT2D eigenvalue weighted by Gasteiger charge is 2.57. The topological polar surface area (TPSA) is 75.4 Å². The fourth-order valence-corrected chi connectivity index (χ4v) is 2.71. The molecule has 2 atom stereocenters. The second-order valence-corrected chi connectivity index (χ2v) is 5.32. The van der Waals surface area contributed by atoms with Gasteiger partial charge in [0, 0.05) is 19.6 Å². The van der Waals surface area contributed by atoms with Crippen LogP contribution in [0.4, 0.5) is 0 Å². The third kappa shape index (κ3) is 1.59. The van der Waals surface area contributed by atoms with Crippen molar-refractivity contribution in [3.8, 4) is 0 Å².